The Kier molecular flexibility index (Phi) is 5.16. The third-order valence-electron chi connectivity index (χ3n) is 3.67. The first-order valence-corrected chi connectivity index (χ1v) is 7.50. The molecule has 0 aliphatic rings. The molecule has 2 aromatic rings. The maximum atomic E-state index is 12.3. The van der Waals surface area contributed by atoms with Gasteiger partial charge in [0.1, 0.15) is 5.69 Å². The Morgan fingerprint density at radius 2 is 2.04 bits per heavy atom. The second-order valence-corrected chi connectivity index (χ2v) is 5.66. The van der Waals surface area contributed by atoms with Crippen LogP contribution in [0.25, 0.3) is 0 Å². The molecule has 0 saturated carbocycles. The van der Waals surface area contributed by atoms with Crippen molar-refractivity contribution in [2.45, 2.75) is 39.8 Å². The SMILES string of the molecule is Cc1ccc(C(C)NC(=O)c2ccn(CCC(=O)O)n2)c(C)c1. The maximum Gasteiger partial charge on any atom is 0.305 e. The molecule has 2 N–H and O–H groups in total. The van der Waals surface area contributed by atoms with Crippen molar-refractivity contribution < 1.29 is 14.7 Å². The number of nitrogens with zero attached hydrogens (tertiary/aromatic N) is 2. The van der Waals surface area contributed by atoms with Crippen LogP contribution in [0.2, 0.25) is 0 Å². The predicted molar refractivity (Wildman–Crippen MR) is 86.3 cm³/mol. The first-order valence-electron chi connectivity index (χ1n) is 7.50. The number of carboxylic acids is 1. The van der Waals surface area contributed by atoms with E-state index in [2.05, 4.69) is 16.5 Å². The number of rotatable bonds is 6. The average molecular weight is 315 g/mol. The minimum Gasteiger partial charge on any atom is -0.481 e. The Morgan fingerprint density at radius 1 is 1.30 bits per heavy atom. The van der Waals surface area contributed by atoms with Crippen molar-refractivity contribution in [3.05, 3.63) is 52.8 Å². The maximum absolute atomic E-state index is 12.3. The summed E-state index contributed by atoms with van der Waals surface area (Å²) < 4.78 is 1.46. The number of hydrogen-bond donors (Lipinski definition) is 2. The van der Waals surface area contributed by atoms with Gasteiger partial charge in [-0.2, -0.15) is 5.10 Å². The Bertz CT molecular complexity index is 722. The zero-order valence-corrected chi connectivity index (χ0v) is 13.5. The number of nitrogens with one attached hydrogen (secondary N) is 1. The van der Waals surface area contributed by atoms with Crippen LogP contribution in [0.3, 0.4) is 0 Å². The molecule has 0 aliphatic carbocycles. The summed E-state index contributed by atoms with van der Waals surface area (Å²) in [5, 5.41) is 15.7. The molecular weight excluding hydrogens is 294 g/mol. The zero-order valence-electron chi connectivity index (χ0n) is 13.5. The molecule has 1 unspecified atom stereocenters. The highest BCUT2D eigenvalue weighted by molar-refractivity contribution is 5.92. The van der Waals surface area contributed by atoms with E-state index >= 15 is 0 Å². The van der Waals surface area contributed by atoms with Crippen LogP contribution in [-0.2, 0) is 11.3 Å². The van der Waals surface area contributed by atoms with E-state index in [1.165, 1.54) is 10.2 Å². The lowest BCUT2D eigenvalue weighted by molar-refractivity contribution is -0.137. The molecular formula is C17H21N3O3. The van der Waals surface area contributed by atoms with Crippen molar-refractivity contribution in [2.24, 2.45) is 0 Å². The summed E-state index contributed by atoms with van der Waals surface area (Å²) in [6, 6.07) is 7.57. The van der Waals surface area contributed by atoms with E-state index in [0.29, 0.717) is 0 Å². The predicted octanol–water partition coefficient (Wildman–Crippen LogP) is 2.47. The number of aliphatic carboxylic acids is 1. The largest absolute Gasteiger partial charge is 0.481 e. The number of aryl methyl sites for hydroxylation is 3. The molecule has 23 heavy (non-hydrogen) atoms. The smallest absolute Gasteiger partial charge is 0.305 e. The normalized spacial score (nSPS) is 12.0. The van der Waals surface area contributed by atoms with Crippen LogP contribution in [0, 0.1) is 13.8 Å². The van der Waals surface area contributed by atoms with Gasteiger partial charge >= 0.3 is 5.97 Å². The minimum atomic E-state index is -0.894. The summed E-state index contributed by atoms with van der Waals surface area (Å²) >= 11 is 0. The number of hydrogen-bond acceptors (Lipinski definition) is 3. The fourth-order valence-electron chi connectivity index (χ4n) is 2.48. The minimum absolute atomic E-state index is 0.0261. The van der Waals surface area contributed by atoms with Crippen LogP contribution in [0.15, 0.2) is 30.5 Å². The average Bonchev–Trinajstić information content (AvgIpc) is 2.93. The van der Waals surface area contributed by atoms with Crippen LogP contribution in [0.5, 0.6) is 0 Å². The Morgan fingerprint density at radius 3 is 2.70 bits per heavy atom. The van der Waals surface area contributed by atoms with E-state index in [1.54, 1.807) is 12.3 Å². The van der Waals surface area contributed by atoms with Crippen molar-refractivity contribution in [1.29, 1.82) is 0 Å². The standard InChI is InChI=1S/C17H21N3O3/c1-11-4-5-14(12(2)10-11)13(3)18-17(23)15-6-8-20(19-15)9-7-16(21)22/h4-6,8,10,13H,7,9H2,1-3H3,(H,18,23)(H,21,22). The molecule has 1 atom stereocenters. The Balaban J connectivity index is 2.02. The van der Waals surface area contributed by atoms with Crippen LogP contribution in [-0.4, -0.2) is 26.8 Å². The molecule has 0 radical (unpaired) electrons. The summed E-state index contributed by atoms with van der Waals surface area (Å²) in [6.45, 7) is 6.22. The number of benzene rings is 1. The molecule has 6 heteroatoms. The summed E-state index contributed by atoms with van der Waals surface area (Å²) in [5.41, 5.74) is 3.66. The molecule has 122 valence electrons. The molecule has 1 aromatic carbocycles. The van der Waals surface area contributed by atoms with Gasteiger partial charge in [0.25, 0.3) is 5.91 Å². The van der Waals surface area contributed by atoms with E-state index in [0.717, 1.165) is 11.1 Å². The Hall–Kier alpha value is -2.63. The van der Waals surface area contributed by atoms with Crippen molar-refractivity contribution >= 4 is 11.9 Å². The topological polar surface area (TPSA) is 84.2 Å². The van der Waals surface area contributed by atoms with Gasteiger partial charge in [-0.25, -0.2) is 0 Å². The highest BCUT2D eigenvalue weighted by atomic mass is 16.4. The van der Waals surface area contributed by atoms with Crippen molar-refractivity contribution in [3.8, 4) is 0 Å². The first-order chi connectivity index (χ1) is 10.9. The first kappa shape index (κ1) is 16.7. The number of carbonyl (C=O) groups excluding carboxylic acids is 1. The van der Waals surface area contributed by atoms with Crippen molar-refractivity contribution in [2.75, 3.05) is 0 Å². The third kappa shape index (κ3) is 4.42. The third-order valence-corrected chi connectivity index (χ3v) is 3.67. The second-order valence-electron chi connectivity index (χ2n) is 5.66. The van der Waals surface area contributed by atoms with Gasteiger partial charge in [-0.05, 0) is 38.0 Å². The van der Waals surface area contributed by atoms with E-state index in [4.69, 9.17) is 5.11 Å². The summed E-state index contributed by atoms with van der Waals surface area (Å²) in [7, 11) is 0. The quantitative estimate of drug-likeness (QED) is 0.857. The molecule has 0 saturated heterocycles. The fraction of sp³-hybridized carbons (Fsp3) is 0.353. The van der Waals surface area contributed by atoms with Crippen LogP contribution in [0.4, 0.5) is 0 Å². The molecule has 0 fully saturated rings. The van der Waals surface area contributed by atoms with Gasteiger partial charge in [-0.15, -0.1) is 0 Å². The molecule has 0 aliphatic heterocycles. The van der Waals surface area contributed by atoms with Gasteiger partial charge in [0.15, 0.2) is 0 Å². The summed E-state index contributed by atoms with van der Waals surface area (Å²) in [5.74, 6) is -1.17. The van der Waals surface area contributed by atoms with Gasteiger partial charge in [0.05, 0.1) is 19.0 Å². The van der Waals surface area contributed by atoms with Gasteiger partial charge < -0.3 is 10.4 Å². The van der Waals surface area contributed by atoms with E-state index < -0.39 is 5.97 Å². The van der Waals surface area contributed by atoms with E-state index in [1.807, 2.05) is 32.9 Å². The lowest BCUT2D eigenvalue weighted by Gasteiger charge is -2.16. The molecule has 6 nitrogen and oxygen atoms in total. The monoisotopic (exact) mass is 315 g/mol. The highest BCUT2D eigenvalue weighted by Gasteiger charge is 2.15. The van der Waals surface area contributed by atoms with Crippen LogP contribution >= 0.6 is 0 Å². The number of carbonyl (C=O) groups is 2. The Labute approximate surface area is 135 Å². The van der Waals surface area contributed by atoms with Gasteiger partial charge in [0, 0.05) is 6.20 Å². The second kappa shape index (κ2) is 7.09. The number of amides is 1. The molecule has 0 bridgehead atoms. The van der Waals surface area contributed by atoms with Gasteiger partial charge in [0.2, 0.25) is 0 Å². The van der Waals surface area contributed by atoms with Gasteiger partial charge in [-0.3, -0.25) is 14.3 Å². The van der Waals surface area contributed by atoms with Crippen LogP contribution in [0.1, 0.15) is 46.6 Å². The number of carboxylic acid groups (broad SMARTS) is 1. The van der Waals surface area contributed by atoms with Crippen molar-refractivity contribution in [3.63, 3.8) is 0 Å². The van der Waals surface area contributed by atoms with E-state index in [-0.39, 0.29) is 30.6 Å². The van der Waals surface area contributed by atoms with Crippen LogP contribution < -0.4 is 5.32 Å². The molecule has 1 amide bonds. The fourth-order valence-corrected chi connectivity index (χ4v) is 2.48. The molecule has 0 spiro atoms. The summed E-state index contributed by atoms with van der Waals surface area (Å²) in [6.07, 6.45) is 1.58. The molecule has 2 rings (SSSR count). The number of aromatic nitrogens is 2. The highest BCUT2D eigenvalue weighted by Crippen LogP contribution is 2.18. The van der Waals surface area contributed by atoms with Gasteiger partial charge in [-0.1, -0.05) is 23.8 Å². The van der Waals surface area contributed by atoms with Crippen molar-refractivity contribution in [1.82, 2.24) is 15.1 Å². The zero-order chi connectivity index (χ0) is 17.0. The molecule has 1 aromatic heterocycles. The molecule has 1 heterocycles. The lowest BCUT2D eigenvalue weighted by Crippen LogP contribution is -2.27. The lowest BCUT2D eigenvalue weighted by atomic mass is 10.0. The summed E-state index contributed by atoms with van der Waals surface area (Å²) in [4.78, 5) is 22.8. The van der Waals surface area contributed by atoms with E-state index in [9.17, 15) is 9.59 Å².